The highest BCUT2D eigenvalue weighted by Crippen LogP contribution is 2.27. The average molecular weight is 370 g/mol. The van der Waals surface area contributed by atoms with Crippen LogP contribution >= 0.6 is 12.4 Å². The number of aliphatic hydroxyl groups is 1. The summed E-state index contributed by atoms with van der Waals surface area (Å²) in [6.07, 6.45) is 2.17. The van der Waals surface area contributed by atoms with Crippen LogP contribution in [0.5, 0.6) is 5.75 Å². The molecule has 1 heterocycles. The van der Waals surface area contributed by atoms with Gasteiger partial charge in [0.2, 0.25) is 0 Å². The Balaban J connectivity index is 0.00000225. The lowest BCUT2D eigenvalue weighted by molar-refractivity contribution is -0.123. The van der Waals surface area contributed by atoms with E-state index in [0.29, 0.717) is 19.0 Å². The maximum absolute atomic E-state index is 11.8. The maximum Gasteiger partial charge on any atom is 0.257 e. The number of carbonyl (C=O) groups excluding carboxylic acids is 1. The Labute approximate surface area is 155 Å². The summed E-state index contributed by atoms with van der Waals surface area (Å²) in [5.74, 6) is 1.58. The van der Waals surface area contributed by atoms with Gasteiger partial charge >= 0.3 is 0 Å². The predicted octanol–water partition coefficient (Wildman–Crippen LogP) is 0.683. The second-order valence-corrected chi connectivity index (χ2v) is 6.76. The van der Waals surface area contributed by atoms with Crippen LogP contribution in [0.1, 0.15) is 18.4 Å². The first-order chi connectivity index (χ1) is 11.7. The van der Waals surface area contributed by atoms with Crippen LogP contribution in [0.25, 0.3) is 0 Å². The monoisotopic (exact) mass is 369 g/mol. The van der Waals surface area contributed by atoms with Crippen LogP contribution in [0.15, 0.2) is 24.3 Å². The van der Waals surface area contributed by atoms with Crippen LogP contribution < -0.4 is 20.7 Å². The van der Waals surface area contributed by atoms with Crippen molar-refractivity contribution in [2.45, 2.75) is 25.5 Å². The van der Waals surface area contributed by atoms with E-state index < -0.39 is 0 Å². The van der Waals surface area contributed by atoms with Gasteiger partial charge in [-0.2, -0.15) is 0 Å². The molecule has 1 aliphatic carbocycles. The van der Waals surface area contributed by atoms with Crippen LogP contribution in [0.4, 0.5) is 0 Å². The molecule has 2 fully saturated rings. The van der Waals surface area contributed by atoms with Gasteiger partial charge in [-0.3, -0.25) is 4.79 Å². The zero-order chi connectivity index (χ0) is 16.8. The van der Waals surface area contributed by atoms with E-state index in [1.165, 1.54) is 12.8 Å². The van der Waals surface area contributed by atoms with E-state index in [4.69, 9.17) is 4.74 Å². The number of carbonyl (C=O) groups is 1. The summed E-state index contributed by atoms with van der Waals surface area (Å²) >= 11 is 0. The van der Waals surface area contributed by atoms with E-state index in [9.17, 15) is 9.90 Å². The predicted molar refractivity (Wildman–Crippen MR) is 99.0 cm³/mol. The van der Waals surface area contributed by atoms with Crippen molar-refractivity contribution in [1.29, 1.82) is 0 Å². The summed E-state index contributed by atoms with van der Waals surface area (Å²) in [5.41, 5.74) is 1.02. The van der Waals surface area contributed by atoms with Gasteiger partial charge in [0.25, 0.3) is 5.91 Å². The lowest BCUT2D eigenvalue weighted by Gasteiger charge is -2.16. The Bertz CT molecular complexity index is 554. The molecule has 1 saturated carbocycles. The van der Waals surface area contributed by atoms with E-state index in [0.717, 1.165) is 30.9 Å². The summed E-state index contributed by atoms with van der Waals surface area (Å²) in [7, 11) is 0. The SMILES string of the molecule is Cl.O=C(COc1ccccc1CNCC1CNCC1O)NCC1CC1. The number of ether oxygens (including phenoxy) is 1. The molecule has 1 aromatic carbocycles. The van der Waals surface area contributed by atoms with Gasteiger partial charge in [-0.25, -0.2) is 0 Å². The molecule has 2 unspecified atom stereocenters. The van der Waals surface area contributed by atoms with Gasteiger partial charge in [0.15, 0.2) is 6.61 Å². The molecule has 0 bridgehead atoms. The van der Waals surface area contributed by atoms with E-state index in [-0.39, 0.29) is 36.9 Å². The van der Waals surface area contributed by atoms with Crippen LogP contribution in [0, 0.1) is 11.8 Å². The van der Waals surface area contributed by atoms with Crippen LogP contribution in [-0.2, 0) is 11.3 Å². The summed E-state index contributed by atoms with van der Waals surface area (Å²) in [4.78, 5) is 11.8. The highest BCUT2D eigenvalue weighted by Gasteiger charge is 2.24. The molecule has 1 aromatic rings. The van der Waals surface area contributed by atoms with Crippen LogP contribution in [0.2, 0.25) is 0 Å². The normalized spacial score (nSPS) is 22.3. The second-order valence-electron chi connectivity index (χ2n) is 6.76. The summed E-state index contributed by atoms with van der Waals surface area (Å²) < 4.78 is 5.68. The summed E-state index contributed by atoms with van der Waals surface area (Å²) in [6, 6.07) is 7.75. The molecule has 6 nitrogen and oxygen atoms in total. The third-order valence-corrected chi connectivity index (χ3v) is 4.64. The fraction of sp³-hybridized carbons (Fsp3) is 0.611. The number of nitrogens with one attached hydrogen (secondary N) is 3. The largest absolute Gasteiger partial charge is 0.483 e. The zero-order valence-corrected chi connectivity index (χ0v) is 15.2. The minimum Gasteiger partial charge on any atom is -0.483 e. The third-order valence-electron chi connectivity index (χ3n) is 4.64. The van der Waals surface area contributed by atoms with Gasteiger partial charge in [-0.15, -0.1) is 12.4 Å². The smallest absolute Gasteiger partial charge is 0.257 e. The number of aliphatic hydroxyl groups excluding tert-OH is 1. The standard InChI is InChI=1S/C18H27N3O3.ClH/c22-16-11-20-10-15(16)9-19-8-14-3-1-2-4-17(14)24-12-18(23)21-7-13-5-6-13;/h1-4,13,15-16,19-20,22H,5-12H2,(H,21,23);1H. The number of halogens is 1. The molecular weight excluding hydrogens is 342 g/mol. The number of benzene rings is 1. The zero-order valence-electron chi connectivity index (χ0n) is 14.4. The Kier molecular flexibility index (Phi) is 7.96. The first-order valence-corrected chi connectivity index (χ1v) is 8.79. The first-order valence-electron chi connectivity index (χ1n) is 8.79. The molecule has 0 radical (unpaired) electrons. The maximum atomic E-state index is 11.8. The fourth-order valence-corrected chi connectivity index (χ4v) is 2.88. The van der Waals surface area contributed by atoms with Gasteiger partial charge in [0.05, 0.1) is 6.10 Å². The van der Waals surface area contributed by atoms with Crippen molar-refractivity contribution in [2.24, 2.45) is 11.8 Å². The quantitative estimate of drug-likeness (QED) is 0.514. The molecular formula is C18H28ClN3O3. The van der Waals surface area contributed by atoms with Gasteiger partial charge in [0.1, 0.15) is 5.75 Å². The average Bonchev–Trinajstić information content (AvgIpc) is 3.34. The van der Waals surface area contributed by atoms with Crippen molar-refractivity contribution in [3.63, 3.8) is 0 Å². The van der Waals surface area contributed by atoms with Crippen molar-refractivity contribution in [2.75, 3.05) is 32.8 Å². The summed E-state index contributed by atoms with van der Waals surface area (Å²) in [5, 5.41) is 19.3. The fourth-order valence-electron chi connectivity index (χ4n) is 2.88. The van der Waals surface area contributed by atoms with Crippen molar-refractivity contribution < 1.29 is 14.6 Å². The van der Waals surface area contributed by atoms with Crippen LogP contribution in [0.3, 0.4) is 0 Å². The Morgan fingerprint density at radius 2 is 2.04 bits per heavy atom. The van der Waals surface area contributed by atoms with Crippen molar-refractivity contribution >= 4 is 18.3 Å². The molecule has 1 aliphatic heterocycles. The highest BCUT2D eigenvalue weighted by molar-refractivity contribution is 5.85. The van der Waals surface area contributed by atoms with Crippen molar-refractivity contribution in [3.05, 3.63) is 29.8 Å². The minimum absolute atomic E-state index is 0. The molecule has 2 atom stereocenters. The number of β-amino-alcohol motifs (C(OH)–C–C–N with tert-alkyl or cyclic N) is 1. The first kappa shape index (κ1) is 20.0. The van der Waals surface area contributed by atoms with Gasteiger partial charge in [-0.1, -0.05) is 18.2 Å². The second kappa shape index (κ2) is 9.97. The molecule has 0 aromatic heterocycles. The molecule has 1 amide bonds. The van der Waals surface area contributed by atoms with Gasteiger partial charge < -0.3 is 25.8 Å². The van der Waals surface area contributed by atoms with E-state index >= 15 is 0 Å². The third kappa shape index (κ3) is 6.47. The van der Waals surface area contributed by atoms with Crippen molar-refractivity contribution in [3.8, 4) is 5.75 Å². The number of para-hydroxylation sites is 1. The molecule has 0 spiro atoms. The Hall–Kier alpha value is -1.34. The van der Waals surface area contributed by atoms with E-state index in [1.54, 1.807) is 0 Å². The molecule has 4 N–H and O–H groups in total. The lowest BCUT2D eigenvalue weighted by atomic mass is 10.1. The number of amides is 1. The Morgan fingerprint density at radius 1 is 1.24 bits per heavy atom. The summed E-state index contributed by atoms with van der Waals surface area (Å²) in [6.45, 7) is 3.74. The molecule has 25 heavy (non-hydrogen) atoms. The number of hydrogen-bond acceptors (Lipinski definition) is 5. The Morgan fingerprint density at radius 3 is 2.76 bits per heavy atom. The number of rotatable bonds is 9. The lowest BCUT2D eigenvalue weighted by Crippen LogP contribution is -2.31. The minimum atomic E-state index is -0.279. The molecule has 1 saturated heterocycles. The highest BCUT2D eigenvalue weighted by atomic mass is 35.5. The topological polar surface area (TPSA) is 82.6 Å². The van der Waals surface area contributed by atoms with E-state index in [1.807, 2.05) is 24.3 Å². The van der Waals surface area contributed by atoms with Gasteiger partial charge in [0, 0.05) is 44.2 Å². The van der Waals surface area contributed by atoms with Crippen molar-refractivity contribution in [1.82, 2.24) is 16.0 Å². The molecule has 2 aliphatic rings. The van der Waals surface area contributed by atoms with Gasteiger partial charge in [-0.05, 0) is 24.8 Å². The molecule has 7 heteroatoms. The van der Waals surface area contributed by atoms with Crippen LogP contribution in [-0.4, -0.2) is 49.9 Å². The van der Waals surface area contributed by atoms with E-state index in [2.05, 4.69) is 16.0 Å². The molecule has 140 valence electrons. The molecule has 3 rings (SSSR count). The number of hydrogen-bond donors (Lipinski definition) is 4.